The lowest BCUT2D eigenvalue weighted by molar-refractivity contribution is -0.136. The van der Waals surface area contributed by atoms with Crippen LogP contribution in [0.5, 0.6) is 0 Å². The average Bonchev–Trinajstić information content (AvgIpc) is 3.98. The summed E-state index contributed by atoms with van der Waals surface area (Å²) in [6.45, 7) is 4.78. The van der Waals surface area contributed by atoms with Gasteiger partial charge in [0.25, 0.3) is 17.7 Å². The minimum atomic E-state index is -1.02. The number of carbonyl (C=O) groups excluding carboxylic acids is 5. The number of pyridine rings is 2. The van der Waals surface area contributed by atoms with Crippen molar-refractivity contribution < 1.29 is 47.7 Å². The lowest BCUT2D eigenvalue weighted by atomic mass is 9.86. The Morgan fingerprint density at radius 2 is 1.47 bits per heavy atom. The molecule has 0 spiro atoms. The number of hydrogen-bond acceptors (Lipinski definition) is 16. The first-order valence-corrected chi connectivity index (χ1v) is 22.6. The van der Waals surface area contributed by atoms with E-state index >= 15 is 0 Å². The summed E-state index contributed by atoms with van der Waals surface area (Å²) in [5.41, 5.74) is 3.14. The van der Waals surface area contributed by atoms with E-state index in [-0.39, 0.29) is 35.9 Å². The third kappa shape index (κ3) is 11.5. The molecule has 20 nitrogen and oxygen atoms in total. The van der Waals surface area contributed by atoms with Crippen molar-refractivity contribution in [3.63, 3.8) is 0 Å². The number of fused-ring (bicyclic) bond motifs is 2. The highest BCUT2D eigenvalue weighted by atomic mass is 16.6. The highest BCUT2D eigenvalue weighted by Crippen LogP contribution is 2.33. The number of imide groups is 2. The predicted molar refractivity (Wildman–Crippen MR) is 237 cm³/mol. The zero-order chi connectivity index (χ0) is 45.8. The average molecular weight is 907 g/mol. The number of amides is 5. The molecule has 66 heavy (non-hydrogen) atoms. The highest BCUT2D eigenvalue weighted by Gasteiger charge is 2.45. The Bertz CT molecular complexity index is 2440. The monoisotopic (exact) mass is 906 g/mol. The molecule has 1 saturated heterocycles. The van der Waals surface area contributed by atoms with Crippen molar-refractivity contribution >= 4 is 51.9 Å². The molecule has 2 aliphatic heterocycles. The molecule has 4 aromatic rings. The second kappa shape index (κ2) is 22.2. The summed E-state index contributed by atoms with van der Waals surface area (Å²) in [5, 5.41) is 26.5. The van der Waals surface area contributed by atoms with E-state index < -0.39 is 29.7 Å². The van der Waals surface area contributed by atoms with E-state index in [1.807, 2.05) is 6.07 Å². The minimum Gasteiger partial charge on any atom is -0.382 e. The van der Waals surface area contributed by atoms with E-state index in [0.717, 1.165) is 48.8 Å². The van der Waals surface area contributed by atoms with Gasteiger partial charge >= 0.3 is 0 Å². The maximum Gasteiger partial charge on any atom is 0.264 e. The van der Waals surface area contributed by atoms with Gasteiger partial charge in [-0.05, 0) is 69.1 Å². The van der Waals surface area contributed by atoms with Crippen molar-refractivity contribution in [1.82, 2.24) is 35.3 Å². The lowest BCUT2D eigenvalue weighted by Crippen LogP contribution is -2.54. The number of benzene rings is 1. The molecule has 1 aromatic carbocycles. The zero-order valence-corrected chi connectivity index (χ0v) is 36.6. The molecule has 2 saturated carbocycles. The van der Waals surface area contributed by atoms with E-state index in [4.69, 9.17) is 23.7 Å². The van der Waals surface area contributed by atoms with Gasteiger partial charge in [-0.15, -0.1) is 0 Å². The molecule has 8 rings (SSSR count). The van der Waals surface area contributed by atoms with Gasteiger partial charge in [0, 0.05) is 61.2 Å². The van der Waals surface area contributed by atoms with Gasteiger partial charge in [0.2, 0.25) is 11.8 Å². The number of anilines is 2. The summed E-state index contributed by atoms with van der Waals surface area (Å²) < 4.78 is 30.0. The highest BCUT2D eigenvalue weighted by molar-refractivity contribution is 6.25. The Hall–Kier alpha value is -6.37. The number of ether oxygens (including phenoxy) is 5. The molecule has 0 bridgehead atoms. The van der Waals surface area contributed by atoms with Crippen LogP contribution in [-0.4, -0.2) is 145 Å². The molecule has 3 aromatic heterocycles. The smallest absolute Gasteiger partial charge is 0.264 e. The molecule has 348 valence electrons. The van der Waals surface area contributed by atoms with Crippen molar-refractivity contribution in [3.05, 3.63) is 71.2 Å². The number of nitriles is 1. The molecular weight excluding hydrogens is 853 g/mol. The molecule has 5 heterocycles. The molecule has 4 N–H and O–H groups in total. The Morgan fingerprint density at radius 1 is 0.773 bits per heavy atom. The van der Waals surface area contributed by atoms with Crippen LogP contribution in [0.25, 0.3) is 16.9 Å². The number of nitrogens with one attached hydrogen (secondary N) is 4. The van der Waals surface area contributed by atoms with Crippen LogP contribution in [0.15, 0.2) is 48.9 Å². The van der Waals surface area contributed by atoms with Crippen molar-refractivity contribution in [2.75, 3.05) is 83.2 Å². The van der Waals surface area contributed by atoms with Crippen LogP contribution in [-0.2, 0) is 33.3 Å². The van der Waals surface area contributed by atoms with E-state index in [1.165, 1.54) is 6.20 Å². The largest absolute Gasteiger partial charge is 0.382 e. The van der Waals surface area contributed by atoms with Crippen LogP contribution in [0.2, 0.25) is 0 Å². The first-order valence-electron chi connectivity index (χ1n) is 22.6. The van der Waals surface area contributed by atoms with Crippen LogP contribution >= 0.6 is 0 Å². The third-order valence-electron chi connectivity index (χ3n) is 11.9. The topological polar surface area (TPSA) is 250 Å². The predicted octanol–water partition coefficient (Wildman–Crippen LogP) is 3.15. The summed E-state index contributed by atoms with van der Waals surface area (Å²) >= 11 is 0. The van der Waals surface area contributed by atoms with Crippen molar-refractivity contribution in [1.29, 1.82) is 5.26 Å². The Morgan fingerprint density at radius 3 is 2.17 bits per heavy atom. The van der Waals surface area contributed by atoms with Gasteiger partial charge in [-0.25, -0.2) is 9.97 Å². The fraction of sp³-hybridized carbons (Fsp3) is 0.500. The third-order valence-corrected chi connectivity index (χ3v) is 11.9. The molecule has 5 amide bonds. The van der Waals surface area contributed by atoms with Crippen LogP contribution in [0, 0.1) is 17.2 Å². The van der Waals surface area contributed by atoms with Crippen molar-refractivity contribution in [2.24, 2.45) is 5.92 Å². The number of piperidine rings is 1. The van der Waals surface area contributed by atoms with E-state index in [2.05, 4.69) is 42.4 Å². The van der Waals surface area contributed by atoms with E-state index in [1.54, 1.807) is 41.3 Å². The number of hydrogen-bond donors (Lipinski definition) is 4. The molecule has 1 unspecified atom stereocenters. The maximum absolute atomic E-state index is 13.5. The Kier molecular flexibility index (Phi) is 15.5. The van der Waals surface area contributed by atoms with E-state index in [9.17, 15) is 29.2 Å². The lowest BCUT2D eigenvalue weighted by Gasteiger charge is -2.29. The fourth-order valence-corrected chi connectivity index (χ4v) is 8.24. The second-order valence-electron chi connectivity index (χ2n) is 16.6. The van der Waals surface area contributed by atoms with Gasteiger partial charge in [0.05, 0.1) is 93.6 Å². The number of nitrogens with zero attached hydrogens (tertiary/aromatic N) is 6. The number of carbonyl (C=O) groups is 5. The molecule has 1 atom stereocenters. The summed E-state index contributed by atoms with van der Waals surface area (Å²) in [6, 6.07) is 9.96. The van der Waals surface area contributed by atoms with Crippen LogP contribution in [0.1, 0.15) is 88.0 Å². The Balaban J connectivity index is 0.625. The van der Waals surface area contributed by atoms with Gasteiger partial charge < -0.3 is 39.6 Å². The van der Waals surface area contributed by atoms with Gasteiger partial charge in [-0.3, -0.25) is 34.2 Å². The van der Waals surface area contributed by atoms with E-state index in [0.29, 0.717) is 119 Å². The van der Waals surface area contributed by atoms with Gasteiger partial charge in [-0.2, -0.15) is 15.0 Å². The summed E-state index contributed by atoms with van der Waals surface area (Å²) in [5.74, 6) is -1.38. The summed E-state index contributed by atoms with van der Waals surface area (Å²) in [7, 11) is 0. The van der Waals surface area contributed by atoms with Gasteiger partial charge in [0.15, 0.2) is 11.5 Å². The molecule has 4 aliphatic rings. The van der Waals surface area contributed by atoms with Crippen molar-refractivity contribution in [2.45, 2.75) is 69.5 Å². The molecule has 0 radical (unpaired) electrons. The Labute approximate surface area is 381 Å². The normalized spacial score (nSPS) is 19.4. The summed E-state index contributed by atoms with van der Waals surface area (Å²) in [6.07, 6.45) is 10.7. The van der Waals surface area contributed by atoms with Crippen molar-refractivity contribution in [3.8, 4) is 11.9 Å². The summed E-state index contributed by atoms with van der Waals surface area (Å²) in [4.78, 5) is 73.6. The molecule has 3 fully saturated rings. The van der Waals surface area contributed by atoms with Gasteiger partial charge in [0.1, 0.15) is 12.1 Å². The molecule has 20 heteroatoms. The first-order chi connectivity index (χ1) is 32.3. The minimum absolute atomic E-state index is 0.0599. The number of rotatable bonds is 24. The SMILES string of the molecule is N#Cc1cnc2c(cnn2-c2cc(NC3CC3)c(C(=O)NC3CCC(COCCOCCOCCOCCOCCNc4cccc5c4C(=O)N(C4CCC(=O)NC4=O)C5=O)CC3)cn2)c1. The standard InChI is InChI=1S/C46H54N10O10/c47-24-30-22-31-26-51-56(42(31)50-25-30)39-23-37(52-32-8-9-32)35(27-49-39)43(58)53-33-6-4-29(5-7-33)28-66-21-20-65-19-18-64-17-16-63-15-14-62-13-12-48-36-3-1-2-34-41(36)46(61)55(45(34)60)38-10-11-40(57)54-44(38)59/h1-3,22-23,25-27,29,32-33,38,48H,4-21,28H2,(H,49,52)(H,53,58)(H,54,57,59). The fourth-order valence-electron chi connectivity index (χ4n) is 8.24. The molecular formula is C46H54N10O10. The quantitative estimate of drug-likeness (QED) is 0.0582. The maximum atomic E-state index is 13.5. The van der Waals surface area contributed by atoms with Crippen LogP contribution < -0.4 is 21.3 Å². The van der Waals surface area contributed by atoms with Gasteiger partial charge in [-0.1, -0.05) is 6.07 Å². The van der Waals surface area contributed by atoms with Crippen LogP contribution in [0.3, 0.4) is 0 Å². The second-order valence-corrected chi connectivity index (χ2v) is 16.6. The number of aromatic nitrogens is 4. The molecule has 2 aliphatic carbocycles. The van der Waals surface area contributed by atoms with Crippen LogP contribution in [0.4, 0.5) is 11.4 Å². The first kappa shape index (κ1) is 46.2. The zero-order valence-electron chi connectivity index (χ0n) is 36.6.